The molecule has 0 bridgehead atoms. The average Bonchev–Trinajstić information content (AvgIpc) is 2.99. The van der Waals surface area contributed by atoms with Crippen molar-refractivity contribution in [3.63, 3.8) is 0 Å². The molecule has 0 saturated carbocycles. The number of methoxy groups -OCH3 is 1. The highest BCUT2D eigenvalue weighted by atomic mass is 32.1. The summed E-state index contributed by atoms with van der Waals surface area (Å²) >= 11 is 1.07. The van der Waals surface area contributed by atoms with Crippen molar-refractivity contribution < 1.29 is 32.2 Å². The lowest BCUT2D eigenvalue weighted by atomic mass is 10.2. The highest BCUT2D eigenvalue weighted by Gasteiger charge is 2.28. The fourth-order valence-electron chi connectivity index (χ4n) is 1.89. The molecule has 6 nitrogen and oxygen atoms in total. The Balaban J connectivity index is 1.99. The van der Waals surface area contributed by atoms with Crippen molar-refractivity contribution in [3.05, 3.63) is 34.8 Å². The maximum absolute atomic E-state index is 12.0. The molecule has 10 heteroatoms. The van der Waals surface area contributed by atoms with Crippen LogP contribution in [0, 0.1) is 6.92 Å². The predicted octanol–water partition coefficient (Wildman–Crippen LogP) is 2.96. The number of amides is 1. The number of hydrogen-bond acceptors (Lipinski definition) is 6. The number of halogens is 3. The van der Waals surface area contributed by atoms with Crippen LogP contribution < -0.4 is 10.1 Å². The van der Waals surface area contributed by atoms with E-state index in [4.69, 9.17) is 9.47 Å². The van der Waals surface area contributed by atoms with E-state index in [1.807, 2.05) is 0 Å². The van der Waals surface area contributed by atoms with Crippen LogP contribution in [0.5, 0.6) is 5.75 Å². The number of benzene rings is 1. The van der Waals surface area contributed by atoms with E-state index in [1.54, 1.807) is 43.6 Å². The molecule has 0 aliphatic heterocycles. The Morgan fingerprint density at radius 2 is 1.88 bits per heavy atom. The number of nitrogens with one attached hydrogen (secondary N) is 1. The summed E-state index contributed by atoms with van der Waals surface area (Å²) in [7, 11) is 1.54. The number of carbonyl (C=O) groups excluding carboxylic acids is 2. The molecular formula is C16H15F3N2O4S. The van der Waals surface area contributed by atoms with Crippen molar-refractivity contribution in [1.29, 1.82) is 0 Å². The van der Waals surface area contributed by atoms with Crippen molar-refractivity contribution in [2.24, 2.45) is 0 Å². The number of carbonyl (C=O) groups is 2. The van der Waals surface area contributed by atoms with E-state index >= 15 is 0 Å². The third kappa shape index (κ3) is 5.45. The number of esters is 1. The Bertz CT molecular complexity index is 788. The van der Waals surface area contributed by atoms with E-state index in [2.05, 4.69) is 4.98 Å². The standard InChI is InChI=1S/C16H15F3N2O4S/c1-9-13(15(23)25-7-12(22)20-8-16(17,18)19)26-14(21-9)10-3-5-11(24-2)6-4-10/h3-6H,7-8H2,1-2H3,(H,20,22). The van der Waals surface area contributed by atoms with Gasteiger partial charge in [-0.1, -0.05) is 0 Å². The zero-order chi connectivity index (χ0) is 19.3. The first-order valence-corrected chi connectivity index (χ1v) is 8.13. The first kappa shape index (κ1) is 19.7. The minimum Gasteiger partial charge on any atom is -0.497 e. The van der Waals surface area contributed by atoms with E-state index in [0.29, 0.717) is 16.5 Å². The van der Waals surface area contributed by atoms with Crippen molar-refractivity contribution >= 4 is 23.2 Å². The van der Waals surface area contributed by atoms with Crippen LogP contribution in [0.4, 0.5) is 13.2 Å². The molecule has 0 unspecified atom stereocenters. The summed E-state index contributed by atoms with van der Waals surface area (Å²) in [4.78, 5) is 27.8. The molecule has 1 aromatic carbocycles. The topological polar surface area (TPSA) is 77.5 Å². The normalized spacial score (nSPS) is 11.1. The second-order valence-electron chi connectivity index (χ2n) is 5.13. The van der Waals surface area contributed by atoms with Crippen molar-refractivity contribution in [1.82, 2.24) is 10.3 Å². The van der Waals surface area contributed by atoms with Crippen LogP contribution in [0.25, 0.3) is 10.6 Å². The second kappa shape index (κ2) is 8.17. The monoisotopic (exact) mass is 388 g/mol. The summed E-state index contributed by atoms with van der Waals surface area (Å²) < 4.78 is 45.8. The van der Waals surface area contributed by atoms with Gasteiger partial charge in [0.15, 0.2) is 6.61 Å². The molecule has 2 aromatic rings. The lowest BCUT2D eigenvalue weighted by Gasteiger charge is -2.08. The van der Waals surface area contributed by atoms with Crippen LogP contribution in [-0.4, -0.2) is 43.3 Å². The second-order valence-corrected chi connectivity index (χ2v) is 6.13. The SMILES string of the molecule is COc1ccc(-c2nc(C)c(C(=O)OCC(=O)NCC(F)(F)F)s2)cc1. The van der Waals surface area contributed by atoms with Crippen LogP contribution in [0.2, 0.25) is 0 Å². The number of aryl methyl sites for hydroxylation is 1. The molecule has 0 radical (unpaired) electrons. The Morgan fingerprint density at radius 1 is 1.23 bits per heavy atom. The van der Waals surface area contributed by atoms with Gasteiger partial charge in [-0.05, 0) is 31.2 Å². The highest BCUT2D eigenvalue weighted by molar-refractivity contribution is 7.17. The number of rotatable bonds is 6. The van der Waals surface area contributed by atoms with Crippen LogP contribution in [-0.2, 0) is 9.53 Å². The summed E-state index contributed by atoms with van der Waals surface area (Å²) in [5, 5.41) is 2.19. The molecule has 1 aromatic heterocycles. The maximum atomic E-state index is 12.0. The van der Waals surface area contributed by atoms with E-state index in [1.165, 1.54) is 0 Å². The van der Waals surface area contributed by atoms with Crippen LogP contribution in [0.3, 0.4) is 0 Å². The summed E-state index contributed by atoms with van der Waals surface area (Å²) in [6.45, 7) is -0.682. The van der Waals surface area contributed by atoms with E-state index < -0.39 is 31.2 Å². The van der Waals surface area contributed by atoms with Crippen molar-refractivity contribution in [2.45, 2.75) is 13.1 Å². The summed E-state index contributed by atoms with van der Waals surface area (Å²) in [5.74, 6) is -1.18. The van der Waals surface area contributed by atoms with Gasteiger partial charge in [0, 0.05) is 5.56 Å². The first-order chi connectivity index (χ1) is 12.2. The molecule has 26 heavy (non-hydrogen) atoms. The molecule has 1 amide bonds. The smallest absolute Gasteiger partial charge is 0.405 e. The fraction of sp³-hybridized carbons (Fsp3) is 0.312. The number of aromatic nitrogens is 1. The Labute approximate surface area is 150 Å². The van der Waals surface area contributed by atoms with E-state index in [-0.39, 0.29) is 4.88 Å². The molecular weight excluding hydrogens is 373 g/mol. The van der Waals surface area contributed by atoms with E-state index in [9.17, 15) is 22.8 Å². The van der Waals surface area contributed by atoms with Gasteiger partial charge >= 0.3 is 12.1 Å². The van der Waals surface area contributed by atoms with Crippen molar-refractivity contribution in [3.8, 4) is 16.3 Å². The van der Waals surface area contributed by atoms with Gasteiger partial charge in [-0.15, -0.1) is 11.3 Å². The minimum absolute atomic E-state index is 0.180. The van der Waals surface area contributed by atoms with Crippen molar-refractivity contribution in [2.75, 3.05) is 20.3 Å². The first-order valence-electron chi connectivity index (χ1n) is 7.32. The van der Waals surface area contributed by atoms with Gasteiger partial charge in [0.1, 0.15) is 22.2 Å². The molecule has 0 spiro atoms. The quantitative estimate of drug-likeness (QED) is 0.770. The van der Waals surface area contributed by atoms with Gasteiger partial charge < -0.3 is 14.8 Å². The number of nitrogens with zero attached hydrogens (tertiary/aromatic N) is 1. The third-order valence-electron chi connectivity index (χ3n) is 3.14. The van der Waals surface area contributed by atoms with Gasteiger partial charge in [-0.3, -0.25) is 4.79 Å². The molecule has 0 atom stereocenters. The third-order valence-corrected chi connectivity index (χ3v) is 4.33. The zero-order valence-electron chi connectivity index (χ0n) is 13.8. The molecule has 1 N–H and O–H groups in total. The summed E-state index contributed by atoms with van der Waals surface area (Å²) in [6.07, 6.45) is -4.53. The molecule has 0 aliphatic rings. The number of hydrogen-bond donors (Lipinski definition) is 1. The molecule has 140 valence electrons. The minimum atomic E-state index is -4.53. The zero-order valence-corrected chi connectivity index (χ0v) is 14.7. The predicted molar refractivity (Wildman–Crippen MR) is 88.2 cm³/mol. The number of thiazole rings is 1. The Kier molecular flexibility index (Phi) is 6.19. The van der Waals surface area contributed by atoms with Gasteiger partial charge in [0.2, 0.25) is 0 Å². The number of ether oxygens (including phenoxy) is 2. The van der Waals surface area contributed by atoms with Gasteiger partial charge in [0.25, 0.3) is 5.91 Å². The summed E-state index contributed by atoms with van der Waals surface area (Å²) in [5.41, 5.74) is 1.17. The lowest BCUT2D eigenvalue weighted by Crippen LogP contribution is -2.36. The molecule has 1 heterocycles. The van der Waals surface area contributed by atoms with Crippen LogP contribution in [0.15, 0.2) is 24.3 Å². The molecule has 0 fully saturated rings. The van der Waals surface area contributed by atoms with Crippen LogP contribution in [0.1, 0.15) is 15.4 Å². The van der Waals surface area contributed by atoms with Gasteiger partial charge in [-0.25, -0.2) is 9.78 Å². The van der Waals surface area contributed by atoms with Gasteiger partial charge in [-0.2, -0.15) is 13.2 Å². The fourth-order valence-corrected chi connectivity index (χ4v) is 2.85. The lowest BCUT2D eigenvalue weighted by molar-refractivity contribution is -0.140. The average molecular weight is 388 g/mol. The maximum Gasteiger partial charge on any atom is 0.405 e. The Hall–Kier alpha value is -2.62. The Morgan fingerprint density at radius 3 is 2.46 bits per heavy atom. The molecule has 0 aliphatic carbocycles. The number of alkyl halides is 3. The largest absolute Gasteiger partial charge is 0.497 e. The molecule has 0 saturated heterocycles. The summed E-state index contributed by atoms with van der Waals surface area (Å²) in [6, 6.07) is 7.04. The van der Waals surface area contributed by atoms with E-state index in [0.717, 1.165) is 16.9 Å². The highest BCUT2D eigenvalue weighted by Crippen LogP contribution is 2.29. The van der Waals surface area contributed by atoms with Crippen LogP contribution >= 0.6 is 11.3 Å². The van der Waals surface area contributed by atoms with Gasteiger partial charge in [0.05, 0.1) is 12.8 Å². The molecule has 2 rings (SSSR count).